The first-order valence-corrected chi connectivity index (χ1v) is 5.15. The maximum atomic E-state index is 2.62. The van der Waals surface area contributed by atoms with E-state index in [9.17, 15) is 0 Å². The summed E-state index contributed by atoms with van der Waals surface area (Å²) < 4.78 is 0. The van der Waals surface area contributed by atoms with E-state index in [1.54, 1.807) is 0 Å². The largest absolute Gasteiger partial charge is 0.162 e. The Labute approximate surface area is 57.9 Å². The predicted octanol–water partition coefficient (Wildman–Crippen LogP) is 2.14. The minimum Gasteiger partial charge on any atom is -0.162 e. The van der Waals surface area contributed by atoms with Crippen molar-refractivity contribution in [2.45, 2.75) is 19.3 Å². The Balaban J connectivity index is 2.12. The van der Waals surface area contributed by atoms with Crippen molar-refractivity contribution in [1.82, 2.24) is 0 Å². The Hall–Kier alpha value is -0.0400. The zero-order valence-electron chi connectivity index (χ0n) is 5.39. The van der Waals surface area contributed by atoms with Crippen LogP contribution in [-0.2, 0) is 0 Å². The Kier molecular flexibility index (Phi) is 0.704. The molecule has 9 heavy (non-hydrogen) atoms. The van der Waals surface area contributed by atoms with Gasteiger partial charge in [-0.1, -0.05) is 10.9 Å². The van der Waals surface area contributed by atoms with Crippen LogP contribution in [0.15, 0.2) is 10.5 Å². The topological polar surface area (TPSA) is 0 Å². The fourth-order valence-corrected chi connectivity index (χ4v) is 4.55. The molecular formula is C8H10S. The van der Waals surface area contributed by atoms with Crippen LogP contribution in [0.25, 0.3) is 0 Å². The normalized spacial score (nSPS) is 44.4. The summed E-state index contributed by atoms with van der Waals surface area (Å²) in [5.41, 5.74) is 1.84. The highest BCUT2D eigenvalue weighted by molar-refractivity contribution is 8.19. The number of hydrogen-bond donors (Lipinski definition) is 0. The van der Waals surface area contributed by atoms with Gasteiger partial charge in [0.25, 0.3) is 0 Å². The van der Waals surface area contributed by atoms with Crippen molar-refractivity contribution < 1.29 is 0 Å². The average Bonchev–Trinajstić information content (AvgIpc) is 2.50. The van der Waals surface area contributed by atoms with Crippen LogP contribution in [-0.4, -0.2) is 11.1 Å². The van der Waals surface area contributed by atoms with Gasteiger partial charge in [-0.3, -0.25) is 0 Å². The molecule has 1 aliphatic carbocycles. The number of hydrogen-bond acceptors (Lipinski definition) is 0. The molecular weight excluding hydrogens is 128 g/mol. The molecule has 0 saturated heterocycles. The van der Waals surface area contributed by atoms with Gasteiger partial charge in [-0.25, -0.2) is 0 Å². The van der Waals surface area contributed by atoms with Crippen molar-refractivity contribution >= 4 is 15.9 Å². The fourth-order valence-electron chi connectivity index (χ4n) is 1.93. The first kappa shape index (κ1) is 4.73. The molecule has 0 radical (unpaired) electrons. The van der Waals surface area contributed by atoms with E-state index in [1.807, 2.05) is 10.5 Å². The monoisotopic (exact) mass is 138 g/mol. The zero-order chi connectivity index (χ0) is 5.84. The molecule has 3 aliphatic rings. The van der Waals surface area contributed by atoms with Crippen LogP contribution in [0.4, 0.5) is 0 Å². The molecule has 1 heteroatoms. The third kappa shape index (κ3) is 0.536. The van der Waals surface area contributed by atoms with E-state index >= 15 is 0 Å². The summed E-state index contributed by atoms with van der Waals surface area (Å²) in [6.45, 7) is 0. The van der Waals surface area contributed by atoms with Crippen molar-refractivity contribution in [2.75, 3.05) is 5.75 Å². The molecule has 2 heterocycles. The van der Waals surface area contributed by atoms with E-state index in [0.717, 1.165) is 5.92 Å². The molecule has 0 spiro atoms. The lowest BCUT2D eigenvalue weighted by Crippen LogP contribution is -1.95. The third-order valence-corrected chi connectivity index (χ3v) is 4.99. The summed E-state index contributed by atoms with van der Waals surface area (Å²) in [6.07, 6.45) is 4.37. The molecule has 2 aliphatic heterocycles. The highest BCUT2D eigenvalue weighted by Crippen LogP contribution is 2.55. The Morgan fingerprint density at radius 3 is 3.56 bits per heavy atom. The van der Waals surface area contributed by atoms with Crippen LogP contribution in [0.1, 0.15) is 19.3 Å². The summed E-state index contributed by atoms with van der Waals surface area (Å²) in [5, 5.41) is 2.62. The van der Waals surface area contributed by atoms with Gasteiger partial charge in [0.1, 0.15) is 0 Å². The Morgan fingerprint density at radius 2 is 2.56 bits per heavy atom. The molecule has 2 unspecified atom stereocenters. The van der Waals surface area contributed by atoms with E-state index in [1.165, 1.54) is 25.0 Å². The van der Waals surface area contributed by atoms with Crippen molar-refractivity contribution in [3.8, 4) is 0 Å². The highest BCUT2D eigenvalue weighted by atomic mass is 32.2. The van der Waals surface area contributed by atoms with Gasteiger partial charge in [-0.2, -0.15) is 10.5 Å². The zero-order valence-corrected chi connectivity index (χ0v) is 6.21. The molecule has 0 aromatic rings. The van der Waals surface area contributed by atoms with E-state index in [2.05, 4.69) is 5.37 Å². The molecule has 3 rings (SSSR count). The Bertz CT molecular complexity index is 235. The first-order valence-electron chi connectivity index (χ1n) is 3.69. The van der Waals surface area contributed by atoms with Crippen LogP contribution in [0.2, 0.25) is 0 Å². The highest BCUT2D eigenvalue weighted by Gasteiger charge is 2.34. The second kappa shape index (κ2) is 1.34. The lowest BCUT2D eigenvalue weighted by Gasteiger charge is -2.01. The first-order chi connectivity index (χ1) is 4.43. The van der Waals surface area contributed by atoms with Gasteiger partial charge in [-0.05, 0) is 35.8 Å². The van der Waals surface area contributed by atoms with Gasteiger partial charge in [0.05, 0.1) is 0 Å². The van der Waals surface area contributed by atoms with Crippen molar-refractivity contribution in [3.05, 3.63) is 10.5 Å². The van der Waals surface area contributed by atoms with Gasteiger partial charge >= 0.3 is 0 Å². The second-order valence-electron chi connectivity index (χ2n) is 3.23. The summed E-state index contributed by atoms with van der Waals surface area (Å²) in [6, 6.07) is 0. The third-order valence-electron chi connectivity index (χ3n) is 2.53. The number of fused-ring (bicyclic) bond motifs is 2. The van der Waals surface area contributed by atoms with E-state index in [-0.39, 0.29) is 0 Å². The number of rotatable bonds is 0. The van der Waals surface area contributed by atoms with Crippen LogP contribution in [0.3, 0.4) is 0 Å². The molecule has 2 atom stereocenters. The van der Waals surface area contributed by atoms with Gasteiger partial charge in [-0.15, -0.1) is 0 Å². The molecule has 0 fully saturated rings. The molecule has 0 nitrogen and oxygen atoms in total. The van der Waals surface area contributed by atoms with E-state index in [0.29, 0.717) is 10.5 Å². The standard InChI is InChI=1S/C8H10S/c1-2-9-5-6(1)3-7-4-8(7)9/h5-6H,1-4H2. The predicted molar refractivity (Wildman–Crippen MR) is 42.9 cm³/mol. The molecule has 0 saturated carbocycles. The molecule has 0 N–H and O–H groups in total. The quantitative estimate of drug-likeness (QED) is 0.450. The summed E-state index contributed by atoms with van der Waals surface area (Å²) in [7, 11) is 0.706. The van der Waals surface area contributed by atoms with Gasteiger partial charge < -0.3 is 0 Å². The second-order valence-corrected chi connectivity index (χ2v) is 5.26. The summed E-state index contributed by atoms with van der Waals surface area (Å²) in [5.74, 6) is 2.51. The summed E-state index contributed by atoms with van der Waals surface area (Å²) >= 11 is 0. The SMILES string of the molecule is C1=S2CCC1CC1=C2C1. The van der Waals surface area contributed by atoms with Crippen LogP contribution in [0.5, 0.6) is 0 Å². The van der Waals surface area contributed by atoms with Crippen molar-refractivity contribution in [2.24, 2.45) is 5.92 Å². The maximum Gasteiger partial charge on any atom is -0.000106 e. The van der Waals surface area contributed by atoms with Crippen LogP contribution >= 0.6 is 10.5 Å². The maximum absolute atomic E-state index is 2.62. The minimum absolute atomic E-state index is 0.706. The van der Waals surface area contributed by atoms with E-state index < -0.39 is 0 Å². The summed E-state index contributed by atoms with van der Waals surface area (Å²) in [4.78, 5) is 1.85. The van der Waals surface area contributed by atoms with E-state index in [4.69, 9.17) is 0 Å². The average molecular weight is 138 g/mol. The van der Waals surface area contributed by atoms with Gasteiger partial charge in [0.2, 0.25) is 0 Å². The van der Waals surface area contributed by atoms with Crippen LogP contribution in [0, 0.1) is 5.92 Å². The van der Waals surface area contributed by atoms with Crippen molar-refractivity contribution in [3.63, 3.8) is 0 Å². The van der Waals surface area contributed by atoms with Gasteiger partial charge in [0.15, 0.2) is 0 Å². The molecule has 0 aromatic heterocycles. The molecule has 2 bridgehead atoms. The molecule has 0 amide bonds. The fraction of sp³-hybridized carbons (Fsp3) is 0.625. The van der Waals surface area contributed by atoms with Crippen LogP contribution < -0.4 is 0 Å². The lowest BCUT2D eigenvalue weighted by atomic mass is 10.0. The van der Waals surface area contributed by atoms with Gasteiger partial charge in [0, 0.05) is 0 Å². The molecule has 48 valence electrons. The minimum atomic E-state index is 0.706. The lowest BCUT2D eigenvalue weighted by molar-refractivity contribution is 0.700. The Morgan fingerprint density at radius 1 is 1.56 bits per heavy atom. The smallest absolute Gasteiger partial charge is 0.000106 e. The molecule has 0 aromatic carbocycles. The van der Waals surface area contributed by atoms with Crippen molar-refractivity contribution in [1.29, 1.82) is 0 Å². The number of allylic oxidation sites excluding steroid dienone is 2.